The molecule has 4 rings (SSSR count). The van der Waals surface area contributed by atoms with Crippen LogP contribution < -0.4 is 20.1 Å². The molecule has 1 aliphatic rings. The summed E-state index contributed by atoms with van der Waals surface area (Å²) >= 11 is 0. The zero-order chi connectivity index (χ0) is 19.5. The minimum atomic E-state index is -0.205. The van der Waals surface area contributed by atoms with E-state index >= 15 is 0 Å². The Morgan fingerprint density at radius 3 is 2.39 bits per heavy atom. The zero-order valence-electron chi connectivity index (χ0n) is 15.8. The summed E-state index contributed by atoms with van der Waals surface area (Å²) in [5.41, 5.74) is 4.99. The van der Waals surface area contributed by atoms with Crippen LogP contribution in [0.3, 0.4) is 0 Å². The van der Waals surface area contributed by atoms with Crippen molar-refractivity contribution in [1.29, 1.82) is 0 Å². The topological polar surface area (TPSA) is 72.5 Å². The monoisotopic (exact) mass is 375 g/mol. The van der Waals surface area contributed by atoms with Crippen molar-refractivity contribution in [2.45, 2.75) is 13.8 Å². The summed E-state index contributed by atoms with van der Waals surface area (Å²) in [5, 5.41) is 6.18. The van der Waals surface area contributed by atoms with Crippen LogP contribution in [0.2, 0.25) is 0 Å². The van der Waals surface area contributed by atoms with Gasteiger partial charge in [-0.25, -0.2) is 0 Å². The van der Waals surface area contributed by atoms with Gasteiger partial charge in [-0.15, -0.1) is 0 Å². The van der Waals surface area contributed by atoms with E-state index < -0.39 is 0 Å². The van der Waals surface area contributed by atoms with Crippen LogP contribution in [-0.4, -0.2) is 24.1 Å². The summed E-state index contributed by atoms with van der Waals surface area (Å²) in [6.45, 7) is 5.09. The number of amides is 1. The van der Waals surface area contributed by atoms with E-state index in [0.717, 1.165) is 28.3 Å². The fraction of sp³-hybridized carbons (Fsp3) is 0.182. The molecule has 0 fully saturated rings. The molecule has 0 unspecified atom stereocenters. The van der Waals surface area contributed by atoms with Gasteiger partial charge < -0.3 is 20.1 Å². The Balaban J connectivity index is 1.50. The highest BCUT2D eigenvalue weighted by atomic mass is 16.6. The average Bonchev–Trinajstić information content (AvgIpc) is 2.67. The predicted molar refractivity (Wildman–Crippen MR) is 109 cm³/mol. The fourth-order valence-electron chi connectivity index (χ4n) is 3.17. The Hall–Kier alpha value is -3.54. The first-order valence-corrected chi connectivity index (χ1v) is 9.08. The molecule has 1 aromatic heterocycles. The normalized spacial score (nSPS) is 12.4. The minimum Gasteiger partial charge on any atom is -0.486 e. The largest absolute Gasteiger partial charge is 0.486 e. The molecular formula is C22H21N3O3. The summed E-state index contributed by atoms with van der Waals surface area (Å²) in [4.78, 5) is 16.8. The molecule has 0 saturated heterocycles. The van der Waals surface area contributed by atoms with Crippen LogP contribution in [0.25, 0.3) is 0 Å². The summed E-state index contributed by atoms with van der Waals surface area (Å²) < 4.78 is 11.1. The van der Waals surface area contributed by atoms with Gasteiger partial charge in [0.05, 0.1) is 17.4 Å². The average molecular weight is 375 g/mol. The summed E-state index contributed by atoms with van der Waals surface area (Å²) in [7, 11) is 0. The second kappa shape index (κ2) is 7.60. The van der Waals surface area contributed by atoms with Gasteiger partial charge in [-0.3, -0.25) is 9.78 Å². The number of nitrogens with zero attached hydrogens (tertiary/aromatic N) is 1. The number of pyridine rings is 1. The number of ether oxygens (including phenoxy) is 2. The zero-order valence-corrected chi connectivity index (χ0v) is 15.8. The number of hydrogen-bond donors (Lipinski definition) is 2. The molecule has 3 aromatic rings. The number of rotatable bonds is 4. The Kier molecular flexibility index (Phi) is 4.85. The van der Waals surface area contributed by atoms with Crippen molar-refractivity contribution >= 4 is 23.0 Å². The number of aryl methyl sites for hydroxylation is 2. The van der Waals surface area contributed by atoms with Crippen molar-refractivity contribution in [2.75, 3.05) is 23.8 Å². The molecule has 142 valence electrons. The van der Waals surface area contributed by atoms with Gasteiger partial charge in [0, 0.05) is 23.6 Å². The van der Waals surface area contributed by atoms with Crippen LogP contribution in [0.1, 0.15) is 21.5 Å². The highest BCUT2D eigenvalue weighted by Crippen LogP contribution is 2.33. The van der Waals surface area contributed by atoms with E-state index in [4.69, 9.17) is 9.47 Å². The summed E-state index contributed by atoms with van der Waals surface area (Å²) in [6.07, 6.45) is 3.22. The number of fused-ring (bicyclic) bond motifs is 1. The Morgan fingerprint density at radius 1 is 0.857 bits per heavy atom. The van der Waals surface area contributed by atoms with Gasteiger partial charge in [-0.1, -0.05) is 6.07 Å². The molecule has 6 nitrogen and oxygen atoms in total. The van der Waals surface area contributed by atoms with Gasteiger partial charge in [0.15, 0.2) is 11.5 Å². The number of hydrogen-bond acceptors (Lipinski definition) is 5. The molecule has 0 spiro atoms. The number of anilines is 3. The SMILES string of the molecule is Cc1cc(C)cc(NC(=O)c2cncc(Nc3ccc4c(c3)OCCO4)c2)c1. The maximum Gasteiger partial charge on any atom is 0.257 e. The van der Waals surface area contributed by atoms with E-state index in [1.807, 2.05) is 44.2 Å². The molecular weight excluding hydrogens is 354 g/mol. The molecule has 6 heteroatoms. The summed E-state index contributed by atoms with van der Waals surface area (Å²) in [6, 6.07) is 13.3. The molecule has 2 heterocycles. The van der Waals surface area contributed by atoms with Gasteiger partial charge in [0.2, 0.25) is 0 Å². The first-order chi connectivity index (χ1) is 13.6. The molecule has 2 N–H and O–H groups in total. The lowest BCUT2D eigenvalue weighted by Gasteiger charge is -2.19. The third kappa shape index (κ3) is 4.06. The first kappa shape index (κ1) is 17.9. The van der Waals surface area contributed by atoms with E-state index in [-0.39, 0.29) is 5.91 Å². The molecule has 2 aromatic carbocycles. The van der Waals surface area contributed by atoms with E-state index in [9.17, 15) is 4.79 Å². The second-order valence-electron chi connectivity index (χ2n) is 6.78. The molecule has 1 amide bonds. The summed E-state index contributed by atoms with van der Waals surface area (Å²) in [5.74, 6) is 1.23. The van der Waals surface area contributed by atoms with Crippen LogP contribution in [0.15, 0.2) is 54.9 Å². The van der Waals surface area contributed by atoms with Crippen LogP contribution in [-0.2, 0) is 0 Å². The molecule has 28 heavy (non-hydrogen) atoms. The molecule has 0 bridgehead atoms. The maximum absolute atomic E-state index is 12.6. The van der Waals surface area contributed by atoms with E-state index in [1.54, 1.807) is 18.5 Å². The Morgan fingerprint density at radius 2 is 1.61 bits per heavy atom. The fourth-order valence-corrected chi connectivity index (χ4v) is 3.17. The Labute approximate surface area is 163 Å². The number of carbonyl (C=O) groups excluding carboxylic acids is 1. The van der Waals surface area contributed by atoms with E-state index in [1.165, 1.54) is 0 Å². The Bertz CT molecular complexity index is 1010. The van der Waals surface area contributed by atoms with E-state index in [2.05, 4.69) is 21.7 Å². The lowest BCUT2D eigenvalue weighted by atomic mass is 10.1. The van der Waals surface area contributed by atoms with Gasteiger partial charge >= 0.3 is 0 Å². The van der Waals surface area contributed by atoms with Crippen LogP contribution in [0.5, 0.6) is 11.5 Å². The smallest absolute Gasteiger partial charge is 0.257 e. The number of nitrogens with one attached hydrogen (secondary N) is 2. The van der Waals surface area contributed by atoms with Crippen molar-refractivity contribution in [3.63, 3.8) is 0 Å². The predicted octanol–water partition coefficient (Wildman–Crippen LogP) is 4.47. The maximum atomic E-state index is 12.6. The van der Waals surface area contributed by atoms with Crippen molar-refractivity contribution in [1.82, 2.24) is 4.98 Å². The third-order valence-corrected chi connectivity index (χ3v) is 4.31. The minimum absolute atomic E-state index is 0.205. The molecule has 0 saturated carbocycles. The van der Waals surface area contributed by atoms with Crippen LogP contribution in [0.4, 0.5) is 17.1 Å². The lowest BCUT2D eigenvalue weighted by Crippen LogP contribution is -2.15. The molecule has 0 atom stereocenters. The van der Waals surface area contributed by atoms with Gasteiger partial charge in [0.25, 0.3) is 5.91 Å². The van der Waals surface area contributed by atoms with Crippen molar-refractivity contribution < 1.29 is 14.3 Å². The number of benzene rings is 2. The van der Waals surface area contributed by atoms with Gasteiger partial charge in [-0.2, -0.15) is 0 Å². The number of aromatic nitrogens is 1. The highest BCUT2D eigenvalue weighted by Gasteiger charge is 2.13. The standard InChI is InChI=1S/C22H21N3O3/c1-14-7-15(2)9-18(8-14)25-22(26)16-10-19(13-23-12-16)24-17-3-4-20-21(11-17)28-6-5-27-20/h3-4,7-13,24H,5-6H2,1-2H3,(H,25,26). The number of carbonyl (C=O) groups is 1. The lowest BCUT2D eigenvalue weighted by molar-refractivity contribution is 0.102. The van der Waals surface area contributed by atoms with E-state index in [0.29, 0.717) is 30.2 Å². The molecule has 0 aliphatic carbocycles. The van der Waals surface area contributed by atoms with Gasteiger partial charge in [-0.05, 0) is 55.3 Å². The second-order valence-corrected chi connectivity index (χ2v) is 6.78. The quantitative estimate of drug-likeness (QED) is 0.704. The third-order valence-electron chi connectivity index (χ3n) is 4.31. The van der Waals surface area contributed by atoms with Gasteiger partial charge in [0.1, 0.15) is 13.2 Å². The van der Waals surface area contributed by atoms with Crippen molar-refractivity contribution in [3.8, 4) is 11.5 Å². The van der Waals surface area contributed by atoms with Crippen molar-refractivity contribution in [2.24, 2.45) is 0 Å². The van der Waals surface area contributed by atoms with Crippen LogP contribution in [0, 0.1) is 13.8 Å². The van der Waals surface area contributed by atoms with Crippen LogP contribution >= 0.6 is 0 Å². The molecule has 1 aliphatic heterocycles. The highest BCUT2D eigenvalue weighted by molar-refractivity contribution is 6.04. The first-order valence-electron chi connectivity index (χ1n) is 9.08. The van der Waals surface area contributed by atoms with Crippen molar-refractivity contribution in [3.05, 3.63) is 71.5 Å². The molecule has 0 radical (unpaired) electrons.